The molecular formula is C17H29N. The fraction of sp³-hybridized carbons (Fsp3) is 0.647. The van der Waals surface area contributed by atoms with E-state index in [1.165, 1.54) is 17.5 Å². The minimum Gasteiger partial charge on any atom is -0.308 e. The average molecular weight is 247 g/mol. The summed E-state index contributed by atoms with van der Waals surface area (Å²) in [6, 6.07) is 8.93. The van der Waals surface area contributed by atoms with Crippen molar-refractivity contribution in [2.24, 2.45) is 5.41 Å². The number of aryl methyl sites for hydroxylation is 1. The number of hydrogen-bond donors (Lipinski definition) is 1. The minimum atomic E-state index is 0.182. The van der Waals surface area contributed by atoms with Gasteiger partial charge in [-0.3, -0.25) is 0 Å². The molecule has 0 radical (unpaired) electrons. The molecule has 1 heteroatoms. The molecule has 0 bridgehead atoms. The smallest absolute Gasteiger partial charge is 0.0210 e. The second kappa shape index (κ2) is 5.88. The summed E-state index contributed by atoms with van der Waals surface area (Å²) in [7, 11) is 0. The first-order valence-electron chi connectivity index (χ1n) is 7.05. The predicted octanol–water partition coefficient (Wildman–Crippen LogP) is 4.55. The molecule has 0 atom stereocenters. The number of nitrogens with one attached hydrogen (secondary N) is 1. The van der Waals surface area contributed by atoms with Gasteiger partial charge in [0.25, 0.3) is 0 Å². The Morgan fingerprint density at radius 2 is 1.39 bits per heavy atom. The van der Waals surface area contributed by atoms with Crippen LogP contribution in [0.4, 0.5) is 0 Å². The molecule has 0 unspecified atom stereocenters. The summed E-state index contributed by atoms with van der Waals surface area (Å²) in [5, 5.41) is 3.67. The topological polar surface area (TPSA) is 12.0 Å². The predicted molar refractivity (Wildman–Crippen MR) is 80.8 cm³/mol. The molecule has 1 nitrogen and oxygen atoms in total. The van der Waals surface area contributed by atoms with Crippen LogP contribution in [0.3, 0.4) is 0 Å². The third-order valence-electron chi connectivity index (χ3n) is 3.17. The lowest BCUT2D eigenvalue weighted by Gasteiger charge is -2.33. The van der Waals surface area contributed by atoms with Gasteiger partial charge in [-0.1, -0.05) is 52.0 Å². The van der Waals surface area contributed by atoms with E-state index in [2.05, 4.69) is 71.1 Å². The van der Waals surface area contributed by atoms with Gasteiger partial charge in [-0.15, -0.1) is 0 Å². The molecule has 0 aliphatic carbocycles. The molecule has 1 aromatic rings. The number of hydrogen-bond acceptors (Lipinski definition) is 1. The minimum absolute atomic E-state index is 0.182. The van der Waals surface area contributed by atoms with Crippen LogP contribution >= 0.6 is 0 Å². The Hall–Kier alpha value is -0.820. The van der Waals surface area contributed by atoms with Crippen molar-refractivity contribution in [3.05, 3.63) is 35.4 Å². The normalized spacial score (nSPS) is 12.8. The second-order valence-corrected chi connectivity index (χ2v) is 7.14. The molecule has 18 heavy (non-hydrogen) atoms. The van der Waals surface area contributed by atoms with Gasteiger partial charge in [-0.25, -0.2) is 0 Å². The molecule has 0 amide bonds. The average Bonchev–Trinajstić information content (AvgIpc) is 2.24. The Kier molecular flexibility index (Phi) is 4.98. The summed E-state index contributed by atoms with van der Waals surface area (Å²) < 4.78 is 0. The highest BCUT2D eigenvalue weighted by atomic mass is 14.9. The van der Waals surface area contributed by atoms with Crippen molar-refractivity contribution in [3.63, 3.8) is 0 Å². The molecule has 0 fully saturated rings. The molecule has 0 spiro atoms. The largest absolute Gasteiger partial charge is 0.308 e. The molecule has 1 rings (SSSR count). The van der Waals surface area contributed by atoms with E-state index in [0.717, 1.165) is 13.0 Å². The first-order valence-corrected chi connectivity index (χ1v) is 7.05. The van der Waals surface area contributed by atoms with Crippen LogP contribution in [-0.2, 0) is 13.0 Å². The van der Waals surface area contributed by atoms with Gasteiger partial charge in [0.05, 0.1) is 0 Å². The van der Waals surface area contributed by atoms with Crippen LogP contribution < -0.4 is 5.32 Å². The highest BCUT2D eigenvalue weighted by Gasteiger charge is 2.24. The maximum atomic E-state index is 3.67. The van der Waals surface area contributed by atoms with Crippen molar-refractivity contribution in [2.75, 3.05) is 0 Å². The third-order valence-corrected chi connectivity index (χ3v) is 3.17. The first-order chi connectivity index (χ1) is 8.22. The van der Waals surface area contributed by atoms with Gasteiger partial charge < -0.3 is 5.32 Å². The fourth-order valence-electron chi connectivity index (χ4n) is 2.62. The summed E-state index contributed by atoms with van der Waals surface area (Å²) in [6.07, 6.45) is 2.29. The van der Waals surface area contributed by atoms with E-state index < -0.39 is 0 Å². The van der Waals surface area contributed by atoms with Gasteiger partial charge >= 0.3 is 0 Å². The zero-order chi connectivity index (χ0) is 13.8. The zero-order valence-electron chi connectivity index (χ0n) is 12.9. The maximum absolute atomic E-state index is 3.67. The highest BCUT2D eigenvalue weighted by Crippen LogP contribution is 2.27. The van der Waals surface area contributed by atoms with E-state index in [1.54, 1.807) is 0 Å². The summed E-state index contributed by atoms with van der Waals surface area (Å²) in [4.78, 5) is 0. The van der Waals surface area contributed by atoms with Crippen LogP contribution in [0.5, 0.6) is 0 Å². The molecule has 0 aliphatic heterocycles. The molecule has 0 aromatic heterocycles. The summed E-state index contributed by atoms with van der Waals surface area (Å²) in [5.41, 5.74) is 3.33. The Morgan fingerprint density at radius 3 is 1.83 bits per heavy atom. The number of rotatable bonds is 5. The Bertz CT molecular complexity index is 354. The number of benzene rings is 1. The van der Waals surface area contributed by atoms with Crippen LogP contribution in [0.2, 0.25) is 0 Å². The van der Waals surface area contributed by atoms with Gasteiger partial charge in [-0.2, -0.15) is 0 Å². The van der Waals surface area contributed by atoms with Gasteiger partial charge in [0, 0.05) is 12.1 Å². The van der Waals surface area contributed by atoms with Gasteiger partial charge in [0.15, 0.2) is 0 Å². The fourth-order valence-corrected chi connectivity index (χ4v) is 2.62. The van der Waals surface area contributed by atoms with E-state index in [4.69, 9.17) is 0 Å². The zero-order valence-corrected chi connectivity index (χ0v) is 12.9. The first kappa shape index (κ1) is 15.2. The van der Waals surface area contributed by atoms with Gasteiger partial charge in [-0.05, 0) is 43.2 Å². The molecule has 102 valence electrons. The summed E-state index contributed by atoms with van der Waals surface area (Å²) in [6.45, 7) is 14.6. The van der Waals surface area contributed by atoms with Crippen molar-refractivity contribution in [1.29, 1.82) is 0 Å². The van der Waals surface area contributed by atoms with Crippen LogP contribution in [0.15, 0.2) is 24.3 Å². The van der Waals surface area contributed by atoms with Crippen molar-refractivity contribution < 1.29 is 0 Å². The second-order valence-electron chi connectivity index (χ2n) is 7.14. The van der Waals surface area contributed by atoms with E-state index in [-0.39, 0.29) is 5.54 Å². The lowest BCUT2D eigenvalue weighted by molar-refractivity contribution is 0.241. The molecule has 0 saturated carbocycles. The van der Waals surface area contributed by atoms with Crippen LogP contribution in [0.1, 0.15) is 59.1 Å². The van der Waals surface area contributed by atoms with Gasteiger partial charge in [0.1, 0.15) is 0 Å². The van der Waals surface area contributed by atoms with Gasteiger partial charge in [0.2, 0.25) is 0 Å². The standard InChI is InChI=1S/C17H29N/c1-7-14-8-10-15(11-9-14)12-18-17(5,6)13-16(2,3)4/h8-11,18H,7,12-13H2,1-6H3. The van der Waals surface area contributed by atoms with Crippen LogP contribution in [0.25, 0.3) is 0 Å². The summed E-state index contributed by atoms with van der Waals surface area (Å²) >= 11 is 0. The molecule has 0 saturated heterocycles. The van der Waals surface area contributed by atoms with Crippen molar-refractivity contribution in [3.8, 4) is 0 Å². The lowest BCUT2D eigenvalue weighted by atomic mass is 9.82. The highest BCUT2D eigenvalue weighted by molar-refractivity contribution is 5.22. The van der Waals surface area contributed by atoms with Crippen LogP contribution in [0, 0.1) is 5.41 Å². The van der Waals surface area contributed by atoms with Crippen LogP contribution in [-0.4, -0.2) is 5.54 Å². The van der Waals surface area contributed by atoms with E-state index in [9.17, 15) is 0 Å². The SMILES string of the molecule is CCc1ccc(CNC(C)(C)CC(C)(C)C)cc1. The monoisotopic (exact) mass is 247 g/mol. The molecular weight excluding hydrogens is 218 g/mol. The molecule has 1 aromatic carbocycles. The van der Waals surface area contributed by atoms with E-state index in [0.29, 0.717) is 5.41 Å². The Labute approximate surface area is 113 Å². The van der Waals surface area contributed by atoms with E-state index >= 15 is 0 Å². The van der Waals surface area contributed by atoms with E-state index in [1.807, 2.05) is 0 Å². The third kappa shape index (κ3) is 5.68. The Balaban J connectivity index is 2.53. The quantitative estimate of drug-likeness (QED) is 0.804. The van der Waals surface area contributed by atoms with Crippen molar-refractivity contribution in [1.82, 2.24) is 5.32 Å². The maximum Gasteiger partial charge on any atom is 0.0210 e. The molecule has 0 aliphatic rings. The Morgan fingerprint density at radius 1 is 0.889 bits per heavy atom. The van der Waals surface area contributed by atoms with Crippen molar-refractivity contribution >= 4 is 0 Å². The summed E-state index contributed by atoms with van der Waals surface area (Å²) in [5.74, 6) is 0. The van der Waals surface area contributed by atoms with Crippen molar-refractivity contribution in [2.45, 2.75) is 66.5 Å². The lowest BCUT2D eigenvalue weighted by Crippen LogP contribution is -2.41. The molecule has 1 N–H and O–H groups in total. The molecule has 0 heterocycles.